The number of halogens is 2. The first kappa shape index (κ1) is 14.5. The van der Waals surface area contributed by atoms with E-state index in [1.807, 2.05) is 0 Å². The minimum Gasteiger partial charge on any atom is -0.349 e. The standard InChI is InChI=1S/C14H18BrFN2O/c15-13-10(5-3-6-11(13)16)14(19)18-12-7-2-1-4-9(12)8-17/h3,5-6,9,12H,1-2,4,7-8,17H2,(H,18,19). The zero-order chi connectivity index (χ0) is 13.8. The van der Waals surface area contributed by atoms with E-state index in [1.54, 1.807) is 6.07 Å². The Kier molecular flexibility index (Phi) is 4.93. The molecule has 0 saturated heterocycles. The van der Waals surface area contributed by atoms with Gasteiger partial charge in [0.15, 0.2) is 0 Å². The molecule has 1 amide bonds. The summed E-state index contributed by atoms with van der Waals surface area (Å²) in [6.45, 7) is 0.579. The van der Waals surface area contributed by atoms with Gasteiger partial charge in [0.25, 0.3) is 5.91 Å². The zero-order valence-electron chi connectivity index (χ0n) is 10.7. The molecule has 0 aromatic heterocycles. The number of amides is 1. The number of hydrogen-bond donors (Lipinski definition) is 2. The highest BCUT2D eigenvalue weighted by atomic mass is 79.9. The third-order valence-electron chi connectivity index (χ3n) is 3.72. The molecule has 0 spiro atoms. The van der Waals surface area contributed by atoms with Gasteiger partial charge in [-0.05, 0) is 53.4 Å². The van der Waals surface area contributed by atoms with Crippen molar-refractivity contribution in [3.05, 3.63) is 34.1 Å². The Bertz CT molecular complexity index is 467. The Balaban J connectivity index is 2.09. The van der Waals surface area contributed by atoms with Crippen molar-refractivity contribution in [1.29, 1.82) is 0 Å². The van der Waals surface area contributed by atoms with Gasteiger partial charge in [-0.25, -0.2) is 4.39 Å². The first-order chi connectivity index (χ1) is 9.13. The van der Waals surface area contributed by atoms with Crippen molar-refractivity contribution >= 4 is 21.8 Å². The average Bonchev–Trinajstić information content (AvgIpc) is 2.42. The molecule has 5 heteroatoms. The summed E-state index contributed by atoms with van der Waals surface area (Å²) in [5.74, 6) is -0.339. The first-order valence-electron chi connectivity index (χ1n) is 6.58. The van der Waals surface area contributed by atoms with Crippen LogP contribution in [0.25, 0.3) is 0 Å². The van der Waals surface area contributed by atoms with E-state index in [9.17, 15) is 9.18 Å². The van der Waals surface area contributed by atoms with Crippen LogP contribution < -0.4 is 11.1 Å². The largest absolute Gasteiger partial charge is 0.349 e. The number of carbonyl (C=O) groups is 1. The summed E-state index contributed by atoms with van der Waals surface area (Å²) >= 11 is 3.12. The second kappa shape index (κ2) is 6.48. The Labute approximate surface area is 120 Å². The molecule has 2 unspecified atom stereocenters. The van der Waals surface area contributed by atoms with Crippen LogP contribution in [0.3, 0.4) is 0 Å². The van der Waals surface area contributed by atoms with Crippen LogP contribution >= 0.6 is 15.9 Å². The first-order valence-corrected chi connectivity index (χ1v) is 7.37. The van der Waals surface area contributed by atoms with E-state index < -0.39 is 5.82 Å². The topological polar surface area (TPSA) is 55.1 Å². The number of hydrogen-bond acceptors (Lipinski definition) is 2. The number of benzene rings is 1. The molecule has 3 N–H and O–H groups in total. The Morgan fingerprint density at radius 2 is 2.16 bits per heavy atom. The van der Waals surface area contributed by atoms with Crippen LogP contribution in [-0.2, 0) is 0 Å². The van der Waals surface area contributed by atoms with E-state index >= 15 is 0 Å². The smallest absolute Gasteiger partial charge is 0.252 e. The van der Waals surface area contributed by atoms with E-state index in [4.69, 9.17) is 5.73 Å². The van der Waals surface area contributed by atoms with E-state index in [2.05, 4.69) is 21.2 Å². The quantitative estimate of drug-likeness (QED) is 0.896. The van der Waals surface area contributed by atoms with Gasteiger partial charge < -0.3 is 11.1 Å². The van der Waals surface area contributed by atoms with Crippen LogP contribution in [0.2, 0.25) is 0 Å². The molecule has 1 fully saturated rings. The third-order valence-corrected chi connectivity index (χ3v) is 4.53. The summed E-state index contributed by atoms with van der Waals surface area (Å²) in [7, 11) is 0. The van der Waals surface area contributed by atoms with Crippen molar-refractivity contribution in [3.63, 3.8) is 0 Å². The van der Waals surface area contributed by atoms with Crippen LogP contribution in [-0.4, -0.2) is 18.5 Å². The van der Waals surface area contributed by atoms with E-state index in [0.717, 1.165) is 25.7 Å². The minimum absolute atomic E-state index is 0.0985. The molecule has 1 aliphatic rings. The van der Waals surface area contributed by atoms with Crippen molar-refractivity contribution in [2.24, 2.45) is 11.7 Å². The van der Waals surface area contributed by atoms with Gasteiger partial charge in [-0.1, -0.05) is 18.9 Å². The molecule has 0 bridgehead atoms. The maximum absolute atomic E-state index is 13.4. The van der Waals surface area contributed by atoms with Crippen molar-refractivity contribution < 1.29 is 9.18 Å². The molecule has 1 saturated carbocycles. The van der Waals surface area contributed by atoms with Gasteiger partial charge in [-0.15, -0.1) is 0 Å². The molecule has 0 aliphatic heterocycles. The normalized spacial score (nSPS) is 23.1. The van der Waals surface area contributed by atoms with Crippen molar-refractivity contribution in [2.45, 2.75) is 31.7 Å². The highest BCUT2D eigenvalue weighted by molar-refractivity contribution is 9.10. The molecule has 104 valence electrons. The van der Waals surface area contributed by atoms with Crippen LogP contribution in [0.1, 0.15) is 36.0 Å². The van der Waals surface area contributed by atoms with Gasteiger partial charge in [0, 0.05) is 6.04 Å². The number of nitrogens with one attached hydrogen (secondary N) is 1. The number of rotatable bonds is 3. The molecule has 3 nitrogen and oxygen atoms in total. The molecule has 1 aromatic carbocycles. The molecule has 2 rings (SSSR count). The molecule has 1 aliphatic carbocycles. The van der Waals surface area contributed by atoms with Gasteiger partial charge in [-0.2, -0.15) is 0 Å². The maximum atomic E-state index is 13.4. The van der Waals surface area contributed by atoms with Gasteiger partial charge in [0.2, 0.25) is 0 Å². The predicted octanol–water partition coefficient (Wildman–Crippen LogP) is 2.84. The van der Waals surface area contributed by atoms with Crippen LogP contribution in [0.15, 0.2) is 22.7 Å². The lowest BCUT2D eigenvalue weighted by Gasteiger charge is -2.31. The SMILES string of the molecule is NCC1CCCCC1NC(=O)c1cccc(F)c1Br. The van der Waals surface area contributed by atoms with E-state index in [-0.39, 0.29) is 16.4 Å². The summed E-state index contributed by atoms with van der Waals surface area (Å²) in [6, 6.07) is 4.57. The Hall–Kier alpha value is -0.940. The Morgan fingerprint density at radius 3 is 2.89 bits per heavy atom. The minimum atomic E-state index is -0.424. The predicted molar refractivity (Wildman–Crippen MR) is 76.4 cm³/mol. The summed E-state index contributed by atoms with van der Waals surface area (Å²) < 4.78 is 13.6. The lowest BCUT2D eigenvalue weighted by Crippen LogP contribution is -2.44. The van der Waals surface area contributed by atoms with Gasteiger partial charge in [0.05, 0.1) is 10.0 Å². The average molecular weight is 329 g/mol. The van der Waals surface area contributed by atoms with Crippen molar-refractivity contribution in [2.75, 3.05) is 6.54 Å². The fourth-order valence-corrected chi connectivity index (χ4v) is 3.05. The summed E-state index contributed by atoms with van der Waals surface area (Å²) in [4.78, 5) is 12.2. The van der Waals surface area contributed by atoms with Gasteiger partial charge in [-0.3, -0.25) is 4.79 Å². The fourth-order valence-electron chi connectivity index (χ4n) is 2.61. The molecule has 0 radical (unpaired) electrons. The van der Waals surface area contributed by atoms with Crippen LogP contribution in [0.5, 0.6) is 0 Å². The molecule has 1 aromatic rings. The molecule has 19 heavy (non-hydrogen) atoms. The van der Waals surface area contributed by atoms with E-state index in [1.165, 1.54) is 12.1 Å². The highest BCUT2D eigenvalue weighted by Crippen LogP contribution is 2.25. The van der Waals surface area contributed by atoms with Crippen LogP contribution in [0.4, 0.5) is 4.39 Å². The van der Waals surface area contributed by atoms with Crippen molar-refractivity contribution in [1.82, 2.24) is 5.32 Å². The van der Waals surface area contributed by atoms with Gasteiger partial charge in [0.1, 0.15) is 5.82 Å². The third kappa shape index (κ3) is 3.34. The van der Waals surface area contributed by atoms with Gasteiger partial charge >= 0.3 is 0 Å². The molecule has 0 heterocycles. The van der Waals surface area contributed by atoms with E-state index in [0.29, 0.717) is 18.0 Å². The fraction of sp³-hybridized carbons (Fsp3) is 0.500. The lowest BCUT2D eigenvalue weighted by atomic mass is 9.84. The molecular formula is C14H18BrFN2O. The number of carbonyl (C=O) groups excluding carboxylic acids is 1. The second-order valence-electron chi connectivity index (χ2n) is 4.96. The second-order valence-corrected chi connectivity index (χ2v) is 5.75. The molecule has 2 atom stereocenters. The highest BCUT2D eigenvalue weighted by Gasteiger charge is 2.26. The van der Waals surface area contributed by atoms with Crippen LogP contribution in [0, 0.1) is 11.7 Å². The monoisotopic (exact) mass is 328 g/mol. The summed E-state index contributed by atoms with van der Waals surface area (Å²) in [5, 5.41) is 2.99. The zero-order valence-corrected chi connectivity index (χ0v) is 12.2. The number of nitrogens with two attached hydrogens (primary N) is 1. The van der Waals surface area contributed by atoms with Crippen molar-refractivity contribution in [3.8, 4) is 0 Å². The lowest BCUT2D eigenvalue weighted by molar-refractivity contribution is 0.0906. The maximum Gasteiger partial charge on any atom is 0.252 e. The Morgan fingerprint density at radius 1 is 1.42 bits per heavy atom. The summed E-state index contributed by atoms with van der Waals surface area (Å²) in [5.41, 5.74) is 6.08. The summed E-state index contributed by atoms with van der Waals surface area (Å²) in [6.07, 6.45) is 4.26. The molecular weight excluding hydrogens is 311 g/mol.